The van der Waals surface area contributed by atoms with Crippen LogP contribution in [0, 0.1) is 0 Å². The molecule has 0 aromatic rings. The van der Waals surface area contributed by atoms with E-state index in [-0.39, 0.29) is 0 Å². The zero-order chi connectivity index (χ0) is 7.23. The molecule has 1 aliphatic rings. The van der Waals surface area contributed by atoms with E-state index in [9.17, 15) is 4.79 Å². The van der Waals surface area contributed by atoms with Gasteiger partial charge in [0, 0.05) is 24.8 Å². The van der Waals surface area contributed by atoms with Gasteiger partial charge in [-0.2, -0.15) is 0 Å². The smallest absolute Gasteiger partial charge is 0.225 e. The fourth-order valence-corrected chi connectivity index (χ4v) is 0.538. The van der Waals surface area contributed by atoms with Gasteiger partial charge >= 0.3 is 0 Å². The number of carbonyl (C=O) groups excluding carboxylic acids is 1. The van der Waals surface area contributed by atoms with Crippen molar-refractivity contribution in [3.05, 3.63) is 24.7 Å². The largest absolute Gasteiger partial charge is 0.277 e. The van der Waals surface area contributed by atoms with Crippen molar-refractivity contribution in [1.82, 2.24) is 10.4 Å². The monoisotopic (exact) mass is 137 g/mol. The summed E-state index contributed by atoms with van der Waals surface area (Å²) in [5.74, 6) is 0. The Morgan fingerprint density at radius 3 is 3.20 bits per heavy atom. The van der Waals surface area contributed by atoms with Crippen molar-refractivity contribution >= 4 is 12.6 Å². The molecular weight excluding hydrogens is 130 g/mol. The highest BCUT2D eigenvalue weighted by Crippen LogP contribution is 1.89. The average Bonchev–Trinajstić information content (AvgIpc) is 2.17. The molecule has 1 rings (SSSR count). The molecular formula is C6H7N3O. The first-order valence-corrected chi connectivity index (χ1v) is 2.78. The van der Waals surface area contributed by atoms with Gasteiger partial charge in [-0.1, -0.05) is 0 Å². The van der Waals surface area contributed by atoms with E-state index in [2.05, 4.69) is 10.4 Å². The molecule has 10 heavy (non-hydrogen) atoms. The van der Waals surface area contributed by atoms with Gasteiger partial charge in [0.2, 0.25) is 6.41 Å². The second-order valence-corrected chi connectivity index (χ2v) is 1.59. The van der Waals surface area contributed by atoms with Crippen LogP contribution < -0.4 is 5.43 Å². The standard InChI is InChI=1S/C6H7N3O/c10-6-8-9-4-1-2-7-3-5-9/h1-6H,(H,8,10). The second-order valence-electron chi connectivity index (χ2n) is 1.59. The molecule has 0 radical (unpaired) electrons. The van der Waals surface area contributed by atoms with Gasteiger partial charge in [0.05, 0.1) is 0 Å². The first-order valence-electron chi connectivity index (χ1n) is 2.78. The number of nitrogens with one attached hydrogen (secondary N) is 1. The van der Waals surface area contributed by atoms with E-state index in [1.165, 1.54) is 5.01 Å². The Labute approximate surface area is 58.5 Å². The fraction of sp³-hybridized carbons (Fsp3) is 0. The van der Waals surface area contributed by atoms with Crippen molar-refractivity contribution in [2.24, 2.45) is 4.99 Å². The molecule has 0 spiro atoms. The lowest BCUT2D eigenvalue weighted by molar-refractivity contribution is -0.112. The number of nitrogens with zero attached hydrogens (tertiary/aromatic N) is 2. The van der Waals surface area contributed by atoms with Gasteiger partial charge in [0.25, 0.3) is 0 Å². The maximum Gasteiger partial charge on any atom is 0.225 e. The molecule has 1 amide bonds. The van der Waals surface area contributed by atoms with Crippen LogP contribution in [0.4, 0.5) is 0 Å². The molecule has 1 N–H and O–H groups in total. The number of rotatable bonds is 2. The van der Waals surface area contributed by atoms with Crippen LogP contribution in [0.15, 0.2) is 29.7 Å². The Morgan fingerprint density at radius 1 is 1.50 bits per heavy atom. The van der Waals surface area contributed by atoms with Gasteiger partial charge < -0.3 is 0 Å². The van der Waals surface area contributed by atoms with Gasteiger partial charge in [0.1, 0.15) is 0 Å². The highest BCUT2D eigenvalue weighted by Gasteiger charge is 1.88. The van der Waals surface area contributed by atoms with E-state index in [4.69, 9.17) is 0 Å². The average molecular weight is 137 g/mol. The molecule has 0 fully saturated rings. The predicted molar refractivity (Wildman–Crippen MR) is 37.8 cm³/mol. The van der Waals surface area contributed by atoms with Crippen LogP contribution in [0.25, 0.3) is 0 Å². The minimum atomic E-state index is 0.597. The SMILES string of the molecule is O=CNN1C=CC=NC=C1. The molecule has 4 nitrogen and oxygen atoms in total. The van der Waals surface area contributed by atoms with Gasteiger partial charge in [-0.25, -0.2) is 0 Å². The first kappa shape index (κ1) is 6.54. The molecule has 0 aromatic heterocycles. The van der Waals surface area contributed by atoms with Crippen LogP contribution in [-0.4, -0.2) is 17.6 Å². The number of hydrazine groups is 1. The van der Waals surface area contributed by atoms with E-state index in [1.54, 1.807) is 30.9 Å². The zero-order valence-corrected chi connectivity index (χ0v) is 5.27. The third kappa shape index (κ3) is 1.74. The molecule has 0 unspecified atom stereocenters. The van der Waals surface area contributed by atoms with Gasteiger partial charge in [-0.3, -0.25) is 20.2 Å². The lowest BCUT2D eigenvalue weighted by Gasteiger charge is -2.10. The van der Waals surface area contributed by atoms with Crippen molar-refractivity contribution in [3.63, 3.8) is 0 Å². The van der Waals surface area contributed by atoms with Crippen LogP contribution in [0.5, 0.6) is 0 Å². The van der Waals surface area contributed by atoms with Gasteiger partial charge in [0.15, 0.2) is 0 Å². The summed E-state index contributed by atoms with van der Waals surface area (Å²) >= 11 is 0. The molecule has 0 saturated heterocycles. The van der Waals surface area contributed by atoms with Crippen molar-refractivity contribution in [2.45, 2.75) is 0 Å². The van der Waals surface area contributed by atoms with Crippen molar-refractivity contribution in [3.8, 4) is 0 Å². The van der Waals surface area contributed by atoms with E-state index in [0.717, 1.165) is 0 Å². The number of amides is 1. The first-order chi connectivity index (χ1) is 4.93. The molecule has 1 aliphatic heterocycles. The number of carbonyl (C=O) groups is 1. The Bertz CT molecular complexity index is 179. The highest BCUT2D eigenvalue weighted by molar-refractivity contribution is 5.71. The Morgan fingerprint density at radius 2 is 2.40 bits per heavy atom. The van der Waals surface area contributed by atoms with Gasteiger partial charge in [-0.15, -0.1) is 0 Å². The summed E-state index contributed by atoms with van der Waals surface area (Å²) in [5, 5.41) is 1.50. The summed E-state index contributed by atoms with van der Waals surface area (Å²) in [6.45, 7) is 0. The highest BCUT2D eigenvalue weighted by atomic mass is 16.1. The predicted octanol–water partition coefficient (Wildman–Crippen LogP) is 0.0187. The van der Waals surface area contributed by atoms with E-state index in [1.807, 2.05) is 0 Å². The molecule has 4 heteroatoms. The van der Waals surface area contributed by atoms with Crippen LogP contribution in [0.3, 0.4) is 0 Å². The van der Waals surface area contributed by atoms with Crippen molar-refractivity contribution < 1.29 is 4.79 Å². The molecule has 0 bridgehead atoms. The van der Waals surface area contributed by atoms with Crippen LogP contribution in [-0.2, 0) is 4.79 Å². The third-order valence-electron chi connectivity index (χ3n) is 0.934. The quantitative estimate of drug-likeness (QED) is 0.545. The maximum atomic E-state index is 9.92. The van der Waals surface area contributed by atoms with E-state index < -0.39 is 0 Å². The number of hydrogen-bond donors (Lipinski definition) is 1. The summed E-state index contributed by atoms with van der Waals surface area (Å²) < 4.78 is 0. The Kier molecular flexibility index (Phi) is 2.25. The molecule has 52 valence electrons. The number of aliphatic imine (C=N–C) groups is 1. The second kappa shape index (κ2) is 3.45. The zero-order valence-electron chi connectivity index (χ0n) is 5.27. The summed E-state index contributed by atoms with van der Waals surface area (Å²) in [4.78, 5) is 13.7. The summed E-state index contributed by atoms with van der Waals surface area (Å²) in [6, 6.07) is 0. The van der Waals surface area contributed by atoms with Crippen LogP contribution >= 0.6 is 0 Å². The molecule has 0 aromatic carbocycles. The van der Waals surface area contributed by atoms with Crippen LogP contribution in [0.2, 0.25) is 0 Å². The normalized spacial score (nSPS) is 15.0. The molecule has 0 aliphatic carbocycles. The molecule has 0 saturated carbocycles. The Hall–Kier alpha value is -1.58. The number of allylic oxidation sites excluding steroid dienone is 1. The minimum absolute atomic E-state index is 0.597. The fourth-order valence-electron chi connectivity index (χ4n) is 0.538. The van der Waals surface area contributed by atoms with Crippen molar-refractivity contribution in [1.29, 1.82) is 0 Å². The summed E-state index contributed by atoms with van der Waals surface area (Å²) in [6.07, 6.45) is 8.84. The lowest BCUT2D eigenvalue weighted by atomic mass is 10.6. The lowest BCUT2D eigenvalue weighted by Crippen LogP contribution is -2.26. The third-order valence-corrected chi connectivity index (χ3v) is 0.934. The number of hydrogen-bond acceptors (Lipinski definition) is 3. The maximum absolute atomic E-state index is 9.92. The molecule has 0 atom stereocenters. The van der Waals surface area contributed by atoms with E-state index >= 15 is 0 Å². The van der Waals surface area contributed by atoms with Crippen molar-refractivity contribution in [2.75, 3.05) is 0 Å². The van der Waals surface area contributed by atoms with Gasteiger partial charge in [-0.05, 0) is 6.08 Å². The summed E-state index contributed by atoms with van der Waals surface area (Å²) in [7, 11) is 0. The van der Waals surface area contributed by atoms with E-state index in [0.29, 0.717) is 6.41 Å². The topological polar surface area (TPSA) is 44.7 Å². The Balaban J connectivity index is 2.54. The minimum Gasteiger partial charge on any atom is -0.277 e. The van der Waals surface area contributed by atoms with Crippen LogP contribution in [0.1, 0.15) is 0 Å². The molecule has 1 heterocycles. The summed E-state index contributed by atoms with van der Waals surface area (Å²) in [5.41, 5.74) is 2.42.